The monoisotopic (exact) mass is 1000 g/mol. The molecule has 0 saturated carbocycles. The van der Waals surface area contributed by atoms with Gasteiger partial charge in [-0.1, -0.05) is 298 Å². The van der Waals surface area contributed by atoms with Gasteiger partial charge in [0.1, 0.15) is 13.2 Å². The van der Waals surface area contributed by atoms with Crippen LogP contribution >= 0.6 is 0 Å². The number of allylic oxidation sites excluding steroid dienone is 14. The Morgan fingerprint density at radius 1 is 0.292 bits per heavy atom. The van der Waals surface area contributed by atoms with Crippen molar-refractivity contribution < 1.29 is 28.6 Å². The first-order chi connectivity index (χ1) is 35.5. The Hall–Kier alpha value is -3.41. The molecule has 0 bridgehead atoms. The van der Waals surface area contributed by atoms with Crippen molar-refractivity contribution in [3.63, 3.8) is 0 Å². The van der Waals surface area contributed by atoms with Gasteiger partial charge in [-0.05, 0) is 64.2 Å². The Labute approximate surface area is 445 Å². The van der Waals surface area contributed by atoms with Crippen LogP contribution in [0.3, 0.4) is 0 Å². The van der Waals surface area contributed by atoms with Crippen LogP contribution < -0.4 is 0 Å². The van der Waals surface area contributed by atoms with E-state index in [2.05, 4.69) is 45.1 Å². The highest BCUT2D eigenvalue weighted by Gasteiger charge is 2.19. The van der Waals surface area contributed by atoms with Gasteiger partial charge in [-0.2, -0.15) is 0 Å². The predicted molar refractivity (Wildman–Crippen MR) is 311 cm³/mol. The Kier molecular flexibility index (Phi) is 57.3. The highest BCUT2D eigenvalue weighted by Crippen LogP contribution is 2.17. The Balaban J connectivity index is 4.44. The molecule has 0 rings (SSSR count). The van der Waals surface area contributed by atoms with Crippen LogP contribution in [0.4, 0.5) is 0 Å². The van der Waals surface area contributed by atoms with E-state index in [1.54, 1.807) is 0 Å². The summed E-state index contributed by atoms with van der Waals surface area (Å²) in [6, 6.07) is 0. The molecule has 0 aromatic heterocycles. The number of rotatable bonds is 55. The van der Waals surface area contributed by atoms with E-state index < -0.39 is 6.10 Å². The molecule has 0 aromatic rings. The molecular weight excluding hydrogens is 889 g/mol. The van der Waals surface area contributed by atoms with Crippen molar-refractivity contribution in [3.8, 4) is 0 Å². The molecule has 0 aliphatic heterocycles. The predicted octanol–water partition coefficient (Wildman–Crippen LogP) is 20.7. The average molecular weight is 1000 g/mol. The molecule has 1 atom stereocenters. The lowest BCUT2D eigenvalue weighted by Crippen LogP contribution is -2.30. The van der Waals surface area contributed by atoms with Gasteiger partial charge in [-0.3, -0.25) is 14.4 Å². The maximum atomic E-state index is 12.9. The van der Waals surface area contributed by atoms with Crippen LogP contribution in [0.2, 0.25) is 0 Å². The van der Waals surface area contributed by atoms with Gasteiger partial charge in [0.05, 0.1) is 0 Å². The second kappa shape index (κ2) is 60.1. The number of hydrogen-bond acceptors (Lipinski definition) is 6. The first-order valence-corrected chi connectivity index (χ1v) is 30.7. The van der Waals surface area contributed by atoms with Gasteiger partial charge in [0.25, 0.3) is 0 Å². The molecule has 0 N–H and O–H groups in total. The molecule has 6 heteroatoms. The largest absolute Gasteiger partial charge is 0.462 e. The van der Waals surface area contributed by atoms with Crippen LogP contribution in [-0.4, -0.2) is 37.2 Å². The summed E-state index contributed by atoms with van der Waals surface area (Å²) in [6.45, 7) is 6.49. The Morgan fingerprint density at radius 2 is 0.556 bits per heavy atom. The second-order valence-electron chi connectivity index (χ2n) is 20.4. The van der Waals surface area contributed by atoms with E-state index in [1.807, 2.05) is 60.8 Å². The van der Waals surface area contributed by atoms with Crippen LogP contribution in [-0.2, 0) is 28.6 Å². The Bertz CT molecular complexity index is 1380. The van der Waals surface area contributed by atoms with E-state index in [9.17, 15) is 14.4 Å². The van der Waals surface area contributed by atoms with Crippen molar-refractivity contribution in [1.82, 2.24) is 0 Å². The third-order valence-electron chi connectivity index (χ3n) is 13.3. The summed E-state index contributed by atoms with van der Waals surface area (Å²) < 4.78 is 16.9. The molecule has 414 valence electrons. The van der Waals surface area contributed by atoms with Crippen molar-refractivity contribution in [2.24, 2.45) is 0 Å². The third kappa shape index (κ3) is 57.5. The zero-order valence-corrected chi connectivity index (χ0v) is 47.4. The normalized spacial score (nSPS) is 12.7. The van der Waals surface area contributed by atoms with E-state index in [0.29, 0.717) is 19.3 Å². The van der Waals surface area contributed by atoms with Crippen molar-refractivity contribution in [1.29, 1.82) is 0 Å². The quantitative estimate of drug-likeness (QED) is 0.0199. The molecule has 0 aromatic carbocycles. The minimum Gasteiger partial charge on any atom is -0.462 e. The van der Waals surface area contributed by atoms with Gasteiger partial charge < -0.3 is 14.2 Å². The van der Waals surface area contributed by atoms with E-state index in [-0.39, 0.29) is 31.1 Å². The molecule has 1 unspecified atom stereocenters. The molecule has 0 saturated heterocycles. The van der Waals surface area contributed by atoms with E-state index in [1.165, 1.54) is 173 Å². The molecule has 6 nitrogen and oxygen atoms in total. The fourth-order valence-corrected chi connectivity index (χ4v) is 8.71. The van der Waals surface area contributed by atoms with Crippen LogP contribution in [0.1, 0.15) is 297 Å². The lowest BCUT2D eigenvalue weighted by Gasteiger charge is -2.18. The van der Waals surface area contributed by atoms with Gasteiger partial charge in [0, 0.05) is 19.3 Å². The first kappa shape index (κ1) is 68.6. The van der Waals surface area contributed by atoms with E-state index >= 15 is 0 Å². The lowest BCUT2D eigenvalue weighted by molar-refractivity contribution is -0.167. The minimum atomic E-state index is -0.799. The summed E-state index contributed by atoms with van der Waals surface area (Å²) in [7, 11) is 0. The number of esters is 3. The maximum Gasteiger partial charge on any atom is 0.306 e. The highest BCUT2D eigenvalue weighted by atomic mass is 16.6. The van der Waals surface area contributed by atoms with Gasteiger partial charge >= 0.3 is 17.9 Å². The average Bonchev–Trinajstić information content (AvgIpc) is 3.38. The molecule has 0 spiro atoms. The fourth-order valence-electron chi connectivity index (χ4n) is 8.71. The summed E-state index contributed by atoms with van der Waals surface area (Å²) in [5.74, 6) is -0.934. The van der Waals surface area contributed by atoms with Crippen molar-refractivity contribution in [3.05, 3.63) is 85.1 Å². The summed E-state index contributed by atoms with van der Waals surface area (Å²) >= 11 is 0. The van der Waals surface area contributed by atoms with Crippen LogP contribution in [0.15, 0.2) is 85.1 Å². The molecular formula is C66H114O6. The smallest absolute Gasteiger partial charge is 0.306 e. The van der Waals surface area contributed by atoms with Gasteiger partial charge in [-0.25, -0.2) is 0 Å². The highest BCUT2D eigenvalue weighted by molar-refractivity contribution is 5.71. The maximum absolute atomic E-state index is 12.9. The van der Waals surface area contributed by atoms with Crippen molar-refractivity contribution >= 4 is 17.9 Å². The SMILES string of the molecule is CC\C=C/C=C\C=C/C=C\C=C\C=C/CCCCCC(=O)OCC(COC(=O)CCCCCCCCCCCCCCCCCCCCC)OC(=O)CCCCCCC/C=C\CCCCCCCCCCC. The molecule has 0 fully saturated rings. The van der Waals surface area contributed by atoms with Crippen LogP contribution in [0.5, 0.6) is 0 Å². The minimum absolute atomic E-state index is 0.0921. The molecule has 72 heavy (non-hydrogen) atoms. The number of hydrogen-bond donors (Lipinski definition) is 0. The molecule has 0 amide bonds. The molecule has 0 aliphatic carbocycles. The van der Waals surface area contributed by atoms with Crippen LogP contribution in [0.25, 0.3) is 0 Å². The molecule has 0 aliphatic rings. The fraction of sp³-hybridized carbons (Fsp3) is 0.742. The topological polar surface area (TPSA) is 78.9 Å². The zero-order chi connectivity index (χ0) is 52.2. The number of unbranched alkanes of at least 4 members (excludes halogenated alkanes) is 35. The standard InChI is InChI=1S/C66H114O6/c1-4-7-10-13-16-19-22-25-28-31-33-36-38-41-44-47-50-53-56-59-65(68)71-62-63(61-70-64(67)58-55-52-49-46-43-40-37-34-30-27-24-21-18-15-12-9-6-3)72-66(69)60-57-54-51-48-45-42-39-35-32-29-26-23-20-17-14-11-8-5-2/h9,12,15,18,21,24,27,30,34-35,37,39-40,43,63H,4-8,10-11,13-14,16-17,19-20,22-23,25-26,28-29,31-33,36,38,41-42,44-62H2,1-3H3/b12-9-,18-15-,24-21-,30-27-,37-34+,39-35-,43-40-. The lowest BCUT2D eigenvalue weighted by atomic mass is 10.0. The van der Waals surface area contributed by atoms with Gasteiger partial charge in [-0.15, -0.1) is 0 Å². The molecule has 0 radical (unpaired) electrons. The summed E-state index contributed by atoms with van der Waals surface area (Å²) in [5, 5.41) is 0. The number of ether oxygens (including phenoxy) is 3. The van der Waals surface area contributed by atoms with Gasteiger partial charge in [0.2, 0.25) is 0 Å². The molecule has 0 heterocycles. The zero-order valence-electron chi connectivity index (χ0n) is 47.4. The van der Waals surface area contributed by atoms with Crippen molar-refractivity contribution in [2.75, 3.05) is 13.2 Å². The summed E-state index contributed by atoms with van der Waals surface area (Å²) in [6.07, 6.45) is 78.6. The second-order valence-corrected chi connectivity index (χ2v) is 20.4. The number of carbonyl (C=O) groups excluding carboxylic acids is 3. The first-order valence-electron chi connectivity index (χ1n) is 30.7. The van der Waals surface area contributed by atoms with E-state index in [0.717, 1.165) is 83.5 Å². The number of carbonyl (C=O) groups is 3. The van der Waals surface area contributed by atoms with E-state index in [4.69, 9.17) is 14.2 Å². The van der Waals surface area contributed by atoms with Crippen molar-refractivity contribution in [2.45, 2.75) is 303 Å². The Morgan fingerprint density at radius 3 is 0.903 bits per heavy atom. The third-order valence-corrected chi connectivity index (χ3v) is 13.3. The van der Waals surface area contributed by atoms with Gasteiger partial charge in [0.15, 0.2) is 6.10 Å². The summed E-state index contributed by atoms with van der Waals surface area (Å²) in [4.78, 5) is 38.3. The van der Waals surface area contributed by atoms with Crippen LogP contribution in [0, 0.1) is 0 Å². The summed E-state index contributed by atoms with van der Waals surface area (Å²) in [5.41, 5.74) is 0.